The van der Waals surface area contributed by atoms with Crippen molar-refractivity contribution in [3.63, 3.8) is 0 Å². The van der Waals surface area contributed by atoms with Crippen molar-refractivity contribution >= 4 is 38.7 Å². The van der Waals surface area contributed by atoms with Gasteiger partial charge in [0.2, 0.25) is 5.91 Å². The molecule has 0 saturated carbocycles. The summed E-state index contributed by atoms with van der Waals surface area (Å²) in [5.41, 5.74) is 19.3. The van der Waals surface area contributed by atoms with Gasteiger partial charge in [-0.15, -0.1) is 0 Å². The summed E-state index contributed by atoms with van der Waals surface area (Å²) in [5, 5.41) is 3.44. The van der Waals surface area contributed by atoms with E-state index in [1.807, 2.05) is 30.3 Å². The predicted molar refractivity (Wildman–Crippen MR) is 141 cm³/mol. The maximum absolute atomic E-state index is 11.4. The number of benzene rings is 4. The Morgan fingerprint density at radius 1 is 0.857 bits per heavy atom. The third-order valence-corrected chi connectivity index (χ3v) is 6.68. The lowest BCUT2D eigenvalue weighted by atomic mass is 9.99. The first-order valence-electron chi connectivity index (χ1n) is 11.7. The van der Waals surface area contributed by atoms with Gasteiger partial charge in [0.15, 0.2) is 0 Å². The lowest BCUT2D eigenvalue weighted by Gasteiger charge is -2.08. The zero-order valence-corrected chi connectivity index (χ0v) is 19.2. The summed E-state index contributed by atoms with van der Waals surface area (Å²) >= 11 is 0. The molecule has 0 radical (unpaired) electrons. The summed E-state index contributed by atoms with van der Waals surface area (Å²) in [6.07, 6.45) is 2.98. The molecule has 0 bridgehead atoms. The van der Waals surface area contributed by atoms with Gasteiger partial charge in [0.25, 0.3) is 0 Å². The monoisotopic (exact) mass is 459 g/mol. The summed E-state index contributed by atoms with van der Waals surface area (Å²) in [4.78, 5) is 11.4. The van der Waals surface area contributed by atoms with Crippen molar-refractivity contribution in [1.82, 2.24) is 4.57 Å². The van der Waals surface area contributed by atoms with Gasteiger partial charge in [-0.3, -0.25) is 4.79 Å². The zero-order chi connectivity index (χ0) is 23.9. The number of amides is 1. The Labute approximate surface area is 202 Å². The summed E-state index contributed by atoms with van der Waals surface area (Å²) in [6.45, 7) is 1.27. The molecule has 0 aliphatic rings. The predicted octanol–water partition coefficient (Wildman–Crippen LogP) is 5.86. The average molecular weight is 460 g/mol. The first kappa shape index (κ1) is 21.2. The number of fused-ring (bicyclic) bond motifs is 4. The number of aromatic nitrogens is 1. The number of para-hydroxylation sites is 2. The van der Waals surface area contributed by atoms with Crippen LogP contribution in [0.15, 0.2) is 95.5 Å². The lowest BCUT2D eigenvalue weighted by molar-refractivity contribution is 0.100. The normalized spacial score (nSPS) is 11.6. The Morgan fingerprint density at radius 2 is 1.66 bits per heavy atom. The molecule has 0 atom stereocenters. The molecule has 0 unspecified atom stereocenters. The summed E-state index contributed by atoms with van der Waals surface area (Å²) < 4.78 is 8.52. The molecule has 0 fully saturated rings. The standard InChI is InChI=1S/C30H25N3O2/c31-15-14-22-18-33(17-19-8-10-20(11-9-19)30(32)34)27-13-12-21(16-26(22)27)23-5-3-6-25-24-4-1-2-7-28(24)35-29(23)25/h1-13,16,18H,14-15,17,31H2,(H2,32,34). The number of hydrogen-bond acceptors (Lipinski definition) is 3. The Bertz CT molecular complexity index is 1710. The molecule has 5 nitrogen and oxygen atoms in total. The highest BCUT2D eigenvalue weighted by Crippen LogP contribution is 2.37. The van der Waals surface area contributed by atoms with Crippen LogP contribution >= 0.6 is 0 Å². The van der Waals surface area contributed by atoms with Crippen molar-refractivity contribution < 1.29 is 9.21 Å². The fourth-order valence-corrected chi connectivity index (χ4v) is 4.97. The molecule has 35 heavy (non-hydrogen) atoms. The molecule has 0 saturated heterocycles. The van der Waals surface area contributed by atoms with Crippen molar-refractivity contribution in [1.29, 1.82) is 0 Å². The number of carbonyl (C=O) groups excluding carboxylic acids is 1. The van der Waals surface area contributed by atoms with E-state index in [9.17, 15) is 4.79 Å². The fourth-order valence-electron chi connectivity index (χ4n) is 4.97. The number of nitrogens with zero attached hydrogens (tertiary/aromatic N) is 1. The van der Waals surface area contributed by atoms with E-state index in [-0.39, 0.29) is 0 Å². The first-order valence-corrected chi connectivity index (χ1v) is 11.7. The molecule has 172 valence electrons. The Balaban J connectivity index is 1.45. The molecule has 0 aliphatic carbocycles. The second kappa shape index (κ2) is 8.46. The van der Waals surface area contributed by atoms with Crippen LogP contribution in [-0.2, 0) is 13.0 Å². The van der Waals surface area contributed by atoms with E-state index in [4.69, 9.17) is 15.9 Å². The van der Waals surface area contributed by atoms with E-state index in [2.05, 4.69) is 53.2 Å². The van der Waals surface area contributed by atoms with Crippen LogP contribution in [0.4, 0.5) is 0 Å². The van der Waals surface area contributed by atoms with Gasteiger partial charge in [-0.2, -0.15) is 0 Å². The molecule has 0 spiro atoms. The minimum Gasteiger partial charge on any atom is -0.455 e. The molecular weight excluding hydrogens is 434 g/mol. The van der Waals surface area contributed by atoms with Gasteiger partial charge >= 0.3 is 0 Å². The Kier molecular flexibility index (Phi) is 5.12. The van der Waals surface area contributed by atoms with E-state index in [1.54, 1.807) is 12.1 Å². The number of hydrogen-bond donors (Lipinski definition) is 2. The van der Waals surface area contributed by atoms with Crippen LogP contribution < -0.4 is 11.5 Å². The van der Waals surface area contributed by atoms with Crippen molar-refractivity contribution in [3.05, 3.63) is 108 Å². The van der Waals surface area contributed by atoms with Gasteiger partial charge in [0.05, 0.1) is 0 Å². The number of carbonyl (C=O) groups is 1. The van der Waals surface area contributed by atoms with Crippen LogP contribution in [0.1, 0.15) is 21.5 Å². The molecule has 2 aromatic heterocycles. The van der Waals surface area contributed by atoms with Gasteiger partial charge in [0.1, 0.15) is 11.2 Å². The minimum atomic E-state index is -0.416. The van der Waals surface area contributed by atoms with Crippen LogP contribution in [0, 0.1) is 0 Å². The molecule has 0 aliphatic heterocycles. The van der Waals surface area contributed by atoms with Crippen molar-refractivity contribution in [2.75, 3.05) is 6.54 Å². The van der Waals surface area contributed by atoms with E-state index < -0.39 is 5.91 Å². The van der Waals surface area contributed by atoms with Crippen molar-refractivity contribution in [2.45, 2.75) is 13.0 Å². The van der Waals surface area contributed by atoms with E-state index in [0.29, 0.717) is 18.7 Å². The van der Waals surface area contributed by atoms with Crippen LogP contribution in [0.3, 0.4) is 0 Å². The molecule has 1 amide bonds. The number of nitrogens with two attached hydrogens (primary N) is 2. The van der Waals surface area contributed by atoms with Crippen LogP contribution in [-0.4, -0.2) is 17.0 Å². The van der Waals surface area contributed by atoms with Gasteiger partial charge in [-0.1, -0.05) is 54.6 Å². The second-order valence-corrected chi connectivity index (χ2v) is 8.89. The minimum absolute atomic E-state index is 0.416. The molecular formula is C30H25N3O2. The van der Waals surface area contributed by atoms with Gasteiger partial charge in [-0.05, 0) is 60.0 Å². The van der Waals surface area contributed by atoms with E-state index in [0.717, 1.165) is 50.6 Å². The molecule has 4 aromatic carbocycles. The van der Waals surface area contributed by atoms with Crippen LogP contribution in [0.5, 0.6) is 0 Å². The molecule has 6 aromatic rings. The Morgan fingerprint density at radius 3 is 2.46 bits per heavy atom. The SMILES string of the molecule is NCCc1cn(Cc2ccc(C(N)=O)cc2)c2ccc(-c3cccc4c3oc3ccccc34)cc12. The van der Waals surface area contributed by atoms with Crippen LogP contribution in [0.2, 0.25) is 0 Å². The largest absolute Gasteiger partial charge is 0.455 e. The maximum atomic E-state index is 11.4. The average Bonchev–Trinajstić information content (AvgIpc) is 3.42. The summed E-state index contributed by atoms with van der Waals surface area (Å²) in [7, 11) is 0. The fraction of sp³-hybridized carbons (Fsp3) is 0.100. The molecule has 5 heteroatoms. The van der Waals surface area contributed by atoms with Gasteiger partial charge in [-0.25, -0.2) is 0 Å². The zero-order valence-electron chi connectivity index (χ0n) is 19.2. The summed E-state index contributed by atoms with van der Waals surface area (Å²) in [5.74, 6) is -0.416. The topological polar surface area (TPSA) is 87.2 Å². The highest BCUT2D eigenvalue weighted by Gasteiger charge is 2.15. The molecule has 6 rings (SSSR count). The van der Waals surface area contributed by atoms with Crippen molar-refractivity contribution in [3.8, 4) is 11.1 Å². The highest BCUT2D eigenvalue weighted by molar-refractivity contribution is 6.10. The van der Waals surface area contributed by atoms with E-state index >= 15 is 0 Å². The van der Waals surface area contributed by atoms with Gasteiger partial charge < -0.3 is 20.5 Å². The van der Waals surface area contributed by atoms with Gasteiger partial charge in [0, 0.05) is 45.5 Å². The second-order valence-electron chi connectivity index (χ2n) is 8.89. The van der Waals surface area contributed by atoms with Crippen molar-refractivity contribution in [2.24, 2.45) is 11.5 Å². The number of furan rings is 1. The maximum Gasteiger partial charge on any atom is 0.248 e. The molecule has 4 N–H and O–H groups in total. The number of rotatable bonds is 6. The first-order chi connectivity index (χ1) is 17.1. The quantitative estimate of drug-likeness (QED) is 0.327. The lowest BCUT2D eigenvalue weighted by Crippen LogP contribution is -2.10. The summed E-state index contributed by atoms with van der Waals surface area (Å²) in [6, 6.07) is 28.5. The van der Waals surface area contributed by atoms with E-state index in [1.165, 1.54) is 10.9 Å². The van der Waals surface area contributed by atoms with Crippen LogP contribution in [0.25, 0.3) is 44.0 Å². The number of primary amides is 1. The third kappa shape index (κ3) is 3.66. The Hall–Kier alpha value is -4.35. The smallest absolute Gasteiger partial charge is 0.248 e. The third-order valence-electron chi connectivity index (χ3n) is 6.68. The molecule has 2 heterocycles. The highest BCUT2D eigenvalue weighted by atomic mass is 16.3.